The van der Waals surface area contributed by atoms with E-state index in [2.05, 4.69) is 0 Å². The summed E-state index contributed by atoms with van der Waals surface area (Å²) in [4.78, 5) is 22.1. The molecule has 21 heavy (non-hydrogen) atoms. The van der Waals surface area contributed by atoms with Crippen LogP contribution in [0.5, 0.6) is 5.75 Å². The molecule has 0 bridgehead atoms. The van der Waals surface area contributed by atoms with Gasteiger partial charge < -0.3 is 14.6 Å². The van der Waals surface area contributed by atoms with Gasteiger partial charge in [-0.05, 0) is 32.9 Å². The van der Waals surface area contributed by atoms with Gasteiger partial charge in [0.1, 0.15) is 14.1 Å². The highest BCUT2D eigenvalue weighted by Gasteiger charge is 2.46. The average molecular weight is 299 g/mol. The number of hydrogen-bond donors (Lipinski definition) is 1. The molecule has 7 nitrogen and oxygen atoms in total. The molecule has 1 aromatic rings. The van der Waals surface area contributed by atoms with Crippen molar-refractivity contribution in [3.63, 3.8) is 0 Å². The van der Waals surface area contributed by atoms with Crippen molar-refractivity contribution in [1.29, 1.82) is 0 Å². The van der Waals surface area contributed by atoms with Crippen molar-refractivity contribution in [2.75, 3.05) is 13.6 Å². The Balaban J connectivity index is 3.47. The predicted octanol–water partition coefficient (Wildman–Crippen LogP) is 1.50. The topological polar surface area (TPSA) is 98.9 Å². The second kappa shape index (κ2) is 6.09. The van der Waals surface area contributed by atoms with Gasteiger partial charge in [0.05, 0.1) is 7.11 Å². The summed E-state index contributed by atoms with van der Waals surface area (Å²) in [6, 6.07) is 5.04. The summed E-state index contributed by atoms with van der Waals surface area (Å²) in [6.45, 7) is 1.01. The number of carbonyl (C=O) groups is 1. The number of hydrogen-bond acceptors (Lipinski definition) is 6. The molecule has 0 aliphatic carbocycles. The third-order valence-electron chi connectivity index (χ3n) is 2.46. The maximum absolute atomic E-state index is 12.3. The number of carbonyl (C=O) groups excluding carboxylic acids is 1. The Morgan fingerprint density at radius 2 is 1.90 bits per heavy atom. The van der Waals surface area contributed by atoms with Crippen LogP contribution in [-0.2, 0) is 15.1 Å². The summed E-state index contributed by atoms with van der Waals surface area (Å²) < 4.78 is 25.1. The highest BCUT2D eigenvalue weighted by atomic mass is 16.6. The third-order valence-corrected chi connectivity index (χ3v) is 2.46. The molecule has 0 saturated carbocycles. The van der Waals surface area contributed by atoms with Crippen LogP contribution in [0.1, 0.15) is 29.1 Å². The quantitative estimate of drug-likeness (QED) is 0.502. The molecule has 0 fully saturated rings. The highest BCUT2D eigenvalue weighted by molar-refractivity contribution is 5.81. The van der Waals surface area contributed by atoms with Crippen LogP contribution < -0.4 is 4.74 Å². The molecule has 0 aliphatic rings. The van der Waals surface area contributed by atoms with Gasteiger partial charge in [-0.25, -0.2) is 4.79 Å². The SMILES string of the molecule is [2H]C([2H])([N+](=O)[O-])[C@@](O)(C(=O)OC(C)(C)C)c1ccc(OC)cc1. The standard InChI is InChI=1S/C14H19NO6/c1-13(2,3)21-12(16)14(17,9-15(18)19)10-5-7-11(20-4)8-6-10/h5-8,17H,9H2,1-4H3/t14-/m0/s1/i9D2. The lowest BCUT2D eigenvalue weighted by atomic mass is 9.93. The molecule has 0 spiro atoms. The highest BCUT2D eigenvalue weighted by Crippen LogP contribution is 2.27. The van der Waals surface area contributed by atoms with E-state index < -0.39 is 28.6 Å². The largest absolute Gasteiger partial charge is 0.497 e. The summed E-state index contributed by atoms with van der Waals surface area (Å²) in [5, 5.41) is 21.7. The first-order valence-electron chi connectivity index (χ1n) is 7.11. The molecular weight excluding hydrogens is 278 g/mol. The summed E-state index contributed by atoms with van der Waals surface area (Å²) in [7, 11) is 1.39. The molecule has 0 amide bonds. The lowest BCUT2D eigenvalue weighted by molar-refractivity contribution is -0.499. The van der Waals surface area contributed by atoms with E-state index in [-0.39, 0.29) is 5.56 Å². The Kier molecular flexibility index (Phi) is 4.01. The van der Waals surface area contributed by atoms with Gasteiger partial charge in [0.25, 0.3) is 5.60 Å². The number of benzene rings is 1. The lowest BCUT2D eigenvalue weighted by Gasteiger charge is -2.28. The first-order valence-corrected chi connectivity index (χ1v) is 6.11. The number of nitro groups is 1. The number of aliphatic hydroxyl groups is 1. The van der Waals surface area contributed by atoms with Crippen LogP contribution in [0.15, 0.2) is 24.3 Å². The van der Waals surface area contributed by atoms with Crippen LogP contribution in [0.2, 0.25) is 0 Å². The molecular formula is C14H19NO6. The molecule has 0 heterocycles. The molecule has 1 aromatic carbocycles. The fourth-order valence-corrected chi connectivity index (χ4v) is 1.54. The third kappa shape index (κ3) is 4.42. The van der Waals surface area contributed by atoms with E-state index in [0.29, 0.717) is 5.75 Å². The van der Waals surface area contributed by atoms with Gasteiger partial charge in [-0.1, -0.05) is 12.1 Å². The first-order chi connectivity index (χ1) is 10.4. The zero-order valence-corrected chi connectivity index (χ0v) is 12.2. The Labute approximate surface area is 125 Å². The molecule has 1 atom stereocenters. The van der Waals surface area contributed by atoms with Gasteiger partial charge in [0, 0.05) is 10.5 Å². The van der Waals surface area contributed by atoms with Gasteiger partial charge in [0.15, 0.2) is 0 Å². The Bertz CT molecular complexity index is 596. The van der Waals surface area contributed by atoms with E-state index in [1.165, 1.54) is 52.1 Å². The van der Waals surface area contributed by atoms with E-state index in [1.54, 1.807) is 0 Å². The minimum atomic E-state index is -3.50. The van der Waals surface area contributed by atoms with E-state index in [1.807, 2.05) is 0 Å². The second-order valence-electron chi connectivity index (χ2n) is 5.31. The van der Waals surface area contributed by atoms with E-state index >= 15 is 0 Å². The molecule has 0 unspecified atom stereocenters. The summed E-state index contributed by atoms with van der Waals surface area (Å²) >= 11 is 0. The van der Waals surface area contributed by atoms with Crippen LogP contribution in [0, 0.1) is 10.1 Å². The average Bonchev–Trinajstić information content (AvgIpc) is 2.44. The van der Waals surface area contributed by atoms with Gasteiger partial charge in [0.2, 0.25) is 6.50 Å². The van der Waals surface area contributed by atoms with E-state index in [9.17, 15) is 20.0 Å². The Hall–Kier alpha value is -2.15. The molecule has 0 aromatic heterocycles. The van der Waals surface area contributed by atoms with E-state index in [4.69, 9.17) is 12.2 Å². The number of rotatable bonds is 5. The number of methoxy groups -OCH3 is 1. The maximum atomic E-state index is 12.3. The lowest BCUT2D eigenvalue weighted by Crippen LogP contribution is -2.46. The van der Waals surface area contributed by atoms with Crippen LogP contribution in [0.4, 0.5) is 0 Å². The summed E-state index contributed by atoms with van der Waals surface area (Å²) in [5.41, 5.74) is -4.49. The van der Waals surface area contributed by atoms with Crippen LogP contribution in [0.25, 0.3) is 0 Å². The molecule has 0 saturated heterocycles. The minimum Gasteiger partial charge on any atom is -0.497 e. The van der Waals surface area contributed by atoms with Crippen LogP contribution >= 0.6 is 0 Å². The maximum Gasteiger partial charge on any atom is 0.350 e. The number of esters is 1. The predicted molar refractivity (Wildman–Crippen MR) is 74.6 cm³/mol. The molecule has 0 aliphatic heterocycles. The normalized spacial score (nSPS) is 16.2. The smallest absolute Gasteiger partial charge is 0.350 e. The monoisotopic (exact) mass is 299 g/mol. The fraction of sp³-hybridized carbons (Fsp3) is 0.500. The molecule has 116 valence electrons. The molecule has 7 heteroatoms. The summed E-state index contributed by atoms with van der Waals surface area (Å²) in [5.74, 6) is -1.07. The zero-order valence-electron chi connectivity index (χ0n) is 14.2. The number of nitrogens with zero attached hydrogens (tertiary/aromatic N) is 1. The van der Waals surface area contributed by atoms with Gasteiger partial charge >= 0.3 is 5.97 Å². The molecule has 1 N–H and O–H groups in total. The van der Waals surface area contributed by atoms with Gasteiger partial charge in [-0.3, -0.25) is 10.1 Å². The van der Waals surface area contributed by atoms with Gasteiger partial charge in [-0.15, -0.1) is 0 Å². The summed E-state index contributed by atoms with van der Waals surface area (Å²) in [6.07, 6.45) is 0. The van der Waals surface area contributed by atoms with Crippen molar-refractivity contribution < 1.29 is 27.0 Å². The van der Waals surface area contributed by atoms with Gasteiger partial charge in [-0.2, -0.15) is 0 Å². The van der Waals surface area contributed by atoms with Crippen molar-refractivity contribution >= 4 is 5.97 Å². The molecule has 1 rings (SSSR count). The van der Waals surface area contributed by atoms with E-state index in [0.717, 1.165) is 0 Å². The minimum absolute atomic E-state index is 0.311. The zero-order chi connectivity index (χ0) is 18.1. The second-order valence-corrected chi connectivity index (χ2v) is 5.31. The van der Waals surface area contributed by atoms with Crippen molar-refractivity contribution in [2.24, 2.45) is 0 Å². The van der Waals surface area contributed by atoms with Crippen molar-refractivity contribution in [2.45, 2.75) is 32.0 Å². The van der Waals surface area contributed by atoms with Crippen molar-refractivity contribution in [3.05, 3.63) is 39.9 Å². The van der Waals surface area contributed by atoms with Crippen molar-refractivity contribution in [1.82, 2.24) is 0 Å². The van der Waals surface area contributed by atoms with Crippen LogP contribution in [0.3, 0.4) is 0 Å². The first kappa shape index (κ1) is 13.8. The van der Waals surface area contributed by atoms with Crippen LogP contribution in [-0.4, -0.2) is 35.2 Å². The van der Waals surface area contributed by atoms with Crippen molar-refractivity contribution in [3.8, 4) is 5.75 Å². The Morgan fingerprint density at radius 3 is 2.29 bits per heavy atom. The number of ether oxygens (including phenoxy) is 2. The molecule has 0 radical (unpaired) electrons. The fourth-order valence-electron chi connectivity index (χ4n) is 1.54. The Morgan fingerprint density at radius 1 is 1.38 bits per heavy atom.